The SMILES string of the molecule is COc1ccc(C2(c3cccc(-c4cc(OC)cc(OS(C)(=O)=O)c4)c3)N=C(N)c3ccccc32)cc1.O=C(O)C(F)(F)F. The molecule has 0 saturated carbocycles. The summed E-state index contributed by atoms with van der Waals surface area (Å²) >= 11 is 0. The molecule has 0 aliphatic carbocycles. The quantitative estimate of drug-likeness (QED) is 0.261. The van der Waals surface area contributed by atoms with Gasteiger partial charge in [-0.25, -0.2) is 9.79 Å². The van der Waals surface area contributed by atoms with Gasteiger partial charge in [0.25, 0.3) is 0 Å². The Hall–Kier alpha value is -5.04. The molecule has 9 nitrogen and oxygen atoms in total. The number of alkyl halides is 3. The predicted molar refractivity (Wildman–Crippen MR) is 158 cm³/mol. The summed E-state index contributed by atoms with van der Waals surface area (Å²) in [6, 6.07) is 28.7. The third kappa shape index (κ3) is 6.78. The topological polar surface area (TPSA) is 138 Å². The molecule has 0 saturated heterocycles. The molecule has 4 aromatic rings. The van der Waals surface area contributed by atoms with E-state index >= 15 is 0 Å². The van der Waals surface area contributed by atoms with Crippen LogP contribution in [0.2, 0.25) is 0 Å². The fourth-order valence-corrected chi connectivity index (χ4v) is 5.21. The summed E-state index contributed by atoms with van der Waals surface area (Å²) in [6.45, 7) is 0. The van der Waals surface area contributed by atoms with Gasteiger partial charge in [-0.3, -0.25) is 0 Å². The minimum atomic E-state index is -5.08. The number of rotatable bonds is 7. The molecule has 5 rings (SSSR count). The number of ether oxygens (including phenoxy) is 2. The number of nitrogens with two attached hydrogens (primary N) is 1. The summed E-state index contributed by atoms with van der Waals surface area (Å²) < 4.78 is 71.2. The highest BCUT2D eigenvalue weighted by molar-refractivity contribution is 7.86. The van der Waals surface area contributed by atoms with Crippen molar-refractivity contribution < 1.29 is 45.1 Å². The Bertz CT molecular complexity index is 1820. The second kappa shape index (κ2) is 12.3. The molecule has 1 aliphatic rings. The fourth-order valence-electron chi connectivity index (χ4n) is 4.77. The highest BCUT2D eigenvalue weighted by Crippen LogP contribution is 2.47. The van der Waals surface area contributed by atoms with Gasteiger partial charge in [0.2, 0.25) is 0 Å². The zero-order valence-electron chi connectivity index (χ0n) is 23.6. The number of fused-ring (bicyclic) bond motifs is 1. The van der Waals surface area contributed by atoms with E-state index in [0.29, 0.717) is 11.6 Å². The zero-order chi connectivity index (χ0) is 32.3. The second-order valence-corrected chi connectivity index (χ2v) is 11.1. The van der Waals surface area contributed by atoms with Gasteiger partial charge < -0.3 is 24.5 Å². The van der Waals surface area contributed by atoms with Crippen molar-refractivity contribution in [3.63, 3.8) is 0 Å². The predicted octanol–water partition coefficient (Wildman–Crippen LogP) is 5.35. The van der Waals surface area contributed by atoms with Gasteiger partial charge in [-0.15, -0.1) is 0 Å². The number of carbonyl (C=O) groups is 1. The average Bonchev–Trinajstić information content (AvgIpc) is 3.29. The number of nitrogens with zero attached hydrogens (tertiary/aromatic N) is 1. The first-order chi connectivity index (χ1) is 20.7. The molecular weight excluding hydrogens is 601 g/mol. The smallest absolute Gasteiger partial charge is 0.490 e. The Labute approximate surface area is 251 Å². The molecule has 230 valence electrons. The van der Waals surface area contributed by atoms with Crippen molar-refractivity contribution in [3.05, 3.63) is 113 Å². The number of aliphatic imine (C=N–C) groups is 1. The number of aliphatic carboxylic acids is 1. The summed E-state index contributed by atoms with van der Waals surface area (Å²) in [5.41, 5.74) is 10.8. The van der Waals surface area contributed by atoms with E-state index in [1.54, 1.807) is 13.2 Å². The van der Waals surface area contributed by atoms with E-state index in [1.165, 1.54) is 13.2 Å². The van der Waals surface area contributed by atoms with E-state index < -0.39 is 27.8 Å². The van der Waals surface area contributed by atoms with Crippen LogP contribution in [0.5, 0.6) is 17.2 Å². The minimum absolute atomic E-state index is 0.167. The van der Waals surface area contributed by atoms with Crippen molar-refractivity contribution in [2.24, 2.45) is 10.7 Å². The average molecular weight is 629 g/mol. The highest BCUT2D eigenvalue weighted by Gasteiger charge is 2.43. The molecule has 0 aromatic heterocycles. The molecule has 1 unspecified atom stereocenters. The number of methoxy groups -OCH3 is 2. The summed E-state index contributed by atoms with van der Waals surface area (Å²) in [6.07, 6.45) is -4.08. The molecule has 4 aromatic carbocycles. The van der Waals surface area contributed by atoms with E-state index in [0.717, 1.165) is 45.4 Å². The number of hydrogen-bond acceptors (Lipinski definition) is 8. The Morgan fingerprint density at radius 2 is 1.43 bits per heavy atom. The Morgan fingerprint density at radius 1 is 0.818 bits per heavy atom. The number of halogens is 3. The fraction of sp³-hybridized carbons (Fsp3) is 0.161. The van der Waals surface area contributed by atoms with Crippen LogP contribution >= 0.6 is 0 Å². The third-order valence-electron chi connectivity index (χ3n) is 6.61. The first kappa shape index (κ1) is 31.9. The summed E-state index contributed by atoms with van der Waals surface area (Å²) in [4.78, 5) is 13.9. The molecule has 0 radical (unpaired) electrons. The lowest BCUT2D eigenvalue weighted by atomic mass is 9.77. The van der Waals surface area contributed by atoms with Crippen LogP contribution in [0.15, 0.2) is 96.0 Å². The van der Waals surface area contributed by atoms with E-state index in [1.807, 2.05) is 78.9 Å². The summed E-state index contributed by atoms with van der Waals surface area (Å²) in [5, 5.41) is 7.12. The zero-order valence-corrected chi connectivity index (χ0v) is 24.4. The molecule has 0 bridgehead atoms. The molecule has 1 heterocycles. The minimum Gasteiger partial charge on any atom is -0.497 e. The monoisotopic (exact) mass is 628 g/mol. The first-order valence-corrected chi connectivity index (χ1v) is 14.6. The number of amidine groups is 1. The van der Waals surface area contributed by atoms with Gasteiger partial charge in [0.05, 0.1) is 20.5 Å². The van der Waals surface area contributed by atoms with Gasteiger partial charge in [-0.1, -0.05) is 54.6 Å². The van der Waals surface area contributed by atoms with Crippen molar-refractivity contribution in [1.82, 2.24) is 0 Å². The number of benzene rings is 4. The molecule has 0 spiro atoms. The Balaban J connectivity index is 0.000000566. The third-order valence-corrected chi connectivity index (χ3v) is 7.10. The van der Waals surface area contributed by atoms with Gasteiger partial charge in [0, 0.05) is 11.6 Å². The van der Waals surface area contributed by atoms with Crippen LogP contribution in [-0.2, 0) is 20.5 Å². The first-order valence-electron chi connectivity index (χ1n) is 12.8. The Kier molecular flexibility index (Phi) is 8.91. The van der Waals surface area contributed by atoms with Gasteiger partial charge in [0.15, 0.2) is 0 Å². The van der Waals surface area contributed by atoms with Crippen LogP contribution in [0.25, 0.3) is 11.1 Å². The molecular formula is C31H27F3N2O7S. The van der Waals surface area contributed by atoms with E-state index in [4.69, 9.17) is 34.3 Å². The molecule has 13 heteroatoms. The lowest BCUT2D eigenvalue weighted by Gasteiger charge is -2.29. The maximum Gasteiger partial charge on any atom is 0.490 e. The molecule has 3 N–H and O–H groups in total. The van der Waals surface area contributed by atoms with E-state index in [-0.39, 0.29) is 5.75 Å². The lowest BCUT2D eigenvalue weighted by molar-refractivity contribution is -0.192. The van der Waals surface area contributed by atoms with Crippen molar-refractivity contribution in [2.45, 2.75) is 11.7 Å². The molecule has 0 fully saturated rings. The second-order valence-electron chi connectivity index (χ2n) is 9.55. The molecule has 44 heavy (non-hydrogen) atoms. The van der Waals surface area contributed by atoms with Crippen LogP contribution < -0.4 is 19.4 Å². The van der Waals surface area contributed by atoms with Crippen LogP contribution in [0, 0.1) is 0 Å². The van der Waals surface area contributed by atoms with Gasteiger partial charge >= 0.3 is 22.3 Å². The van der Waals surface area contributed by atoms with Gasteiger partial charge in [-0.2, -0.15) is 21.6 Å². The standard InChI is InChI=1S/C29H26N2O5S.C2HF3O2/c1-34-23-13-11-21(12-14-23)29(27-10-5-4-9-26(27)28(30)31-29)22-8-6-7-19(15-22)20-16-24(35-2)18-25(17-20)36-37(3,32)33;3-2(4,5)1(6)7/h4-18H,1-3H3,(H2,30,31);(H,6,7). The van der Waals surface area contributed by atoms with Gasteiger partial charge in [-0.05, 0) is 58.1 Å². The maximum absolute atomic E-state index is 11.8. The molecule has 1 aliphatic heterocycles. The van der Waals surface area contributed by atoms with Crippen molar-refractivity contribution >= 4 is 21.9 Å². The highest BCUT2D eigenvalue weighted by atomic mass is 32.2. The van der Waals surface area contributed by atoms with Crippen LogP contribution in [0.1, 0.15) is 22.3 Å². The van der Waals surface area contributed by atoms with Gasteiger partial charge in [0.1, 0.15) is 28.6 Å². The van der Waals surface area contributed by atoms with Crippen molar-refractivity contribution in [3.8, 4) is 28.4 Å². The summed E-state index contributed by atoms with van der Waals surface area (Å²) in [7, 11) is -0.562. The number of hydrogen-bond donors (Lipinski definition) is 2. The number of carboxylic acids is 1. The van der Waals surface area contributed by atoms with E-state index in [2.05, 4.69) is 0 Å². The molecule has 1 atom stereocenters. The van der Waals surface area contributed by atoms with Crippen LogP contribution in [-0.4, -0.2) is 52.0 Å². The van der Waals surface area contributed by atoms with Crippen LogP contribution in [0.3, 0.4) is 0 Å². The summed E-state index contributed by atoms with van der Waals surface area (Å²) in [5.74, 6) is -0.916. The largest absolute Gasteiger partial charge is 0.497 e. The van der Waals surface area contributed by atoms with E-state index in [9.17, 15) is 21.6 Å². The number of carboxylic acid groups (broad SMARTS) is 1. The normalized spacial score (nSPS) is 15.7. The van der Waals surface area contributed by atoms with Crippen molar-refractivity contribution in [1.29, 1.82) is 0 Å². The van der Waals surface area contributed by atoms with Crippen LogP contribution in [0.4, 0.5) is 13.2 Å². The maximum atomic E-state index is 11.8. The Morgan fingerprint density at radius 3 is 2.02 bits per heavy atom. The lowest BCUT2D eigenvalue weighted by Crippen LogP contribution is -2.25. The molecule has 0 amide bonds. The van der Waals surface area contributed by atoms with Crippen molar-refractivity contribution in [2.75, 3.05) is 20.5 Å².